The van der Waals surface area contributed by atoms with Crippen molar-refractivity contribution < 1.29 is 9.36 Å². The third-order valence-corrected chi connectivity index (χ3v) is 2.99. The van der Waals surface area contributed by atoms with Crippen molar-refractivity contribution in [2.24, 2.45) is 7.05 Å². The number of Topliss-reactive ketones (excluding diaryl/α,β-unsaturated/α-hetero) is 1. The van der Waals surface area contributed by atoms with E-state index < -0.39 is 0 Å². The molecule has 0 saturated carbocycles. The van der Waals surface area contributed by atoms with E-state index >= 15 is 0 Å². The Morgan fingerprint density at radius 3 is 2.41 bits per heavy atom. The highest BCUT2D eigenvalue weighted by molar-refractivity contribution is 5.95. The Morgan fingerprint density at radius 1 is 1.29 bits per heavy atom. The fourth-order valence-corrected chi connectivity index (χ4v) is 1.77. The van der Waals surface area contributed by atoms with Crippen molar-refractivity contribution in [3.05, 3.63) is 48.0 Å². The van der Waals surface area contributed by atoms with Gasteiger partial charge in [-0.2, -0.15) is 0 Å². The Hall–Kier alpha value is -1.90. The van der Waals surface area contributed by atoms with Gasteiger partial charge in [0, 0.05) is 18.9 Å². The molecule has 0 radical (unpaired) electrons. The lowest BCUT2D eigenvalue weighted by Gasteiger charge is -1.99. The van der Waals surface area contributed by atoms with Crippen LogP contribution in [0.1, 0.15) is 29.4 Å². The normalized spacial score (nSPS) is 10.5. The van der Waals surface area contributed by atoms with Gasteiger partial charge in [-0.3, -0.25) is 4.79 Å². The van der Waals surface area contributed by atoms with Crippen LogP contribution in [0.5, 0.6) is 0 Å². The number of carbonyl (C=O) groups excluding carboxylic acids is 1. The zero-order valence-corrected chi connectivity index (χ0v) is 10.5. The van der Waals surface area contributed by atoms with Crippen molar-refractivity contribution in [2.75, 3.05) is 0 Å². The molecule has 0 N–H and O–H groups in total. The Bertz CT molecular complexity index is 518. The molecular weight excluding hydrogens is 212 g/mol. The molecule has 0 bridgehead atoms. The van der Waals surface area contributed by atoms with Crippen molar-refractivity contribution in [1.82, 2.24) is 4.57 Å². The molecule has 3 heteroatoms. The maximum Gasteiger partial charge on any atom is 0.248 e. The summed E-state index contributed by atoms with van der Waals surface area (Å²) in [7, 11) is 2.01. The van der Waals surface area contributed by atoms with Crippen LogP contribution in [0.15, 0.2) is 36.8 Å². The average Bonchev–Trinajstić information content (AvgIpc) is 2.69. The molecular formula is C14H17N2O+. The van der Waals surface area contributed by atoms with Crippen LogP contribution in [0, 0.1) is 6.92 Å². The van der Waals surface area contributed by atoms with Crippen LogP contribution in [-0.4, -0.2) is 10.4 Å². The summed E-state index contributed by atoms with van der Waals surface area (Å²) in [6.07, 6.45) is 4.64. The first kappa shape index (κ1) is 11.6. The van der Waals surface area contributed by atoms with E-state index in [0.717, 1.165) is 11.3 Å². The molecule has 0 aliphatic rings. The van der Waals surface area contributed by atoms with Crippen LogP contribution in [0.4, 0.5) is 0 Å². The van der Waals surface area contributed by atoms with Gasteiger partial charge < -0.3 is 0 Å². The summed E-state index contributed by atoms with van der Waals surface area (Å²) in [6.45, 7) is 3.94. The Morgan fingerprint density at radius 2 is 1.94 bits per heavy atom. The lowest BCUT2D eigenvalue weighted by molar-refractivity contribution is -0.595. The Kier molecular flexibility index (Phi) is 3.09. The number of aryl methyl sites for hydroxylation is 2. The van der Waals surface area contributed by atoms with E-state index in [1.165, 1.54) is 5.69 Å². The van der Waals surface area contributed by atoms with Crippen LogP contribution in [-0.2, 0) is 7.05 Å². The number of benzene rings is 1. The topological polar surface area (TPSA) is 25.9 Å². The third-order valence-electron chi connectivity index (χ3n) is 2.99. The van der Waals surface area contributed by atoms with Crippen molar-refractivity contribution in [3.63, 3.8) is 0 Å². The lowest BCUT2D eigenvalue weighted by Crippen LogP contribution is -2.27. The quantitative estimate of drug-likeness (QED) is 0.585. The summed E-state index contributed by atoms with van der Waals surface area (Å²) in [5, 5.41) is 0. The zero-order valence-electron chi connectivity index (χ0n) is 10.5. The van der Waals surface area contributed by atoms with Crippen molar-refractivity contribution in [2.45, 2.75) is 20.3 Å². The van der Waals surface area contributed by atoms with E-state index in [9.17, 15) is 4.79 Å². The summed E-state index contributed by atoms with van der Waals surface area (Å²) in [4.78, 5) is 11.5. The maximum absolute atomic E-state index is 11.5. The van der Waals surface area contributed by atoms with Crippen LogP contribution < -0.4 is 4.57 Å². The van der Waals surface area contributed by atoms with Crippen molar-refractivity contribution in [3.8, 4) is 5.69 Å². The minimum absolute atomic E-state index is 0.186. The van der Waals surface area contributed by atoms with Crippen molar-refractivity contribution >= 4 is 5.78 Å². The average molecular weight is 229 g/mol. The van der Waals surface area contributed by atoms with E-state index in [2.05, 4.69) is 22.3 Å². The van der Waals surface area contributed by atoms with Gasteiger partial charge in [0.1, 0.15) is 17.6 Å². The largest absolute Gasteiger partial charge is 0.294 e. The second-order valence-corrected chi connectivity index (χ2v) is 4.23. The minimum Gasteiger partial charge on any atom is -0.294 e. The highest BCUT2D eigenvalue weighted by Gasteiger charge is 2.09. The van der Waals surface area contributed by atoms with Crippen molar-refractivity contribution in [1.29, 1.82) is 0 Å². The molecule has 1 heterocycles. The van der Waals surface area contributed by atoms with E-state index in [1.54, 1.807) is 0 Å². The molecule has 0 spiro atoms. The summed E-state index contributed by atoms with van der Waals surface area (Å²) in [6, 6.07) is 7.72. The molecule has 2 aromatic rings. The van der Waals surface area contributed by atoms with Crippen LogP contribution in [0.2, 0.25) is 0 Å². The smallest absolute Gasteiger partial charge is 0.248 e. The SMILES string of the molecule is CCC(=O)c1ccc(-[n+]2cc(C)n(C)c2)cc1. The lowest BCUT2D eigenvalue weighted by atomic mass is 10.1. The summed E-state index contributed by atoms with van der Waals surface area (Å²) in [5.41, 5.74) is 3.05. The zero-order chi connectivity index (χ0) is 12.4. The first-order valence-corrected chi connectivity index (χ1v) is 5.79. The van der Waals surface area contributed by atoms with Gasteiger partial charge in [-0.15, -0.1) is 0 Å². The molecule has 0 aliphatic heterocycles. The number of aromatic nitrogens is 2. The number of rotatable bonds is 3. The first-order valence-electron chi connectivity index (χ1n) is 5.79. The van der Waals surface area contributed by atoms with Gasteiger partial charge in [0.25, 0.3) is 0 Å². The molecule has 0 unspecified atom stereocenters. The second kappa shape index (κ2) is 4.53. The Balaban J connectivity index is 2.32. The number of hydrogen-bond donors (Lipinski definition) is 0. The molecule has 17 heavy (non-hydrogen) atoms. The summed E-state index contributed by atoms with van der Waals surface area (Å²) >= 11 is 0. The molecule has 3 nitrogen and oxygen atoms in total. The molecule has 0 fully saturated rings. The minimum atomic E-state index is 0.186. The van der Waals surface area contributed by atoms with Gasteiger partial charge in [0.05, 0.1) is 7.05 Å². The van der Waals surface area contributed by atoms with Crippen LogP contribution in [0.3, 0.4) is 0 Å². The molecule has 0 amide bonds. The molecule has 88 valence electrons. The van der Waals surface area contributed by atoms with E-state index in [0.29, 0.717) is 6.42 Å². The second-order valence-electron chi connectivity index (χ2n) is 4.23. The molecule has 0 saturated heterocycles. The molecule has 2 rings (SSSR count). The molecule has 1 aromatic carbocycles. The fraction of sp³-hybridized carbons (Fsp3) is 0.286. The van der Waals surface area contributed by atoms with Gasteiger partial charge in [-0.1, -0.05) is 6.92 Å². The molecule has 1 aromatic heterocycles. The maximum atomic E-state index is 11.5. The van der Waals surface area contributed by atoms with Gasteiger partial charge in [-0.25, -0.2) is 9.13 Å². The number of nitrogens with zero attached hydrogens (tertiary/aromatic N) is 2. The molecule has 0 aliphatic carbocycles. The summed E-state index contributed by atoms with van der Waals surface area (Å²) < 4.78 is 4.11. The standard InChI is InChI=1S/C14H17N2O/c1-4-14(17)12-5-7-13(8-6-12)16-9-11(2)15(3)10-16/h5-10H,4H2,1-3H3/q+1. The highest BCUT2D eigenvalue weighted by Crippen LogP contribution is 2.07. The predicted octanol–water partition coefficient (Wildman–Crippen LogP) is 2.20. The van der Waals surface area contributed by atoms with Crippen LogP contribution >= 0.6 is 0 Å². The number of hydrogen-bond acceptors (Lipinski definition) is 1. The van der Waals surface area contributed by atoms with Gasteiger partial charge in [0.2, 0.25) is 6.33 Å². The highest BCUT2D eigenvalue weighted by atomic mass is 16.1. The summed E-state index contributed by atoms with van der Waals surface area (Å²) in [5.74, 6) is 0.186. The molecule has 0 atom stereocenters. The van der Waals surface area contributed by atoms with Gasteiger partial charge in [0.15, 0.2) is 5.78 Å². The monoisotopic (exact) mass is 229 g/mol. The van der Waals surface area contributed by atoms with Crippen LogP contribution in [0.25, 0.3) is 5.69 Å². The fourth-order valence-electron chi connectivity index (χ4n) is 1.77. The van der Waals surface area contributed by atoms with Gasteiger partial charge in [-0.05, 0) is 24.3 Å². The Labute approximate surface area is 101 Å². The van der Waals surface area contributed by atoms with E-state index in [1.807, 2.05) is 44.6 Å². The van der Waals surface area contributed by atoms with E-state index in [-0.39, 0.29) is 5.78 Å². The van der Waals surface area contributed by atoms with E-state index in [4.69, 9.17) is 0 Å². The third kappa shape index (κ3) is 2.28. The number of carbonyl (C=O) groups is 1. The predicted molar refractivity (Wildman–Crippen MR) is 66.3 cm³/mol. The first-order chi connectivity index (χ1) is 8.11. The van der Waals surface area contributed by atoms with Gasteiger partial charge >= 0.3 is 0 Å². The number of imidazole rings is 1. The number of ketones is 1.